The molecule has 196 valence electrons. The van der Waals surface area contributed by atoms with E-state index in [0.29, 0.717) is 37.2 Å². The Labute approximate surface area is 221 Å². The number of carbonyl (C=O) groups is 1. The minimum atomic E-state index is -3.65. The molecule has 2 aromatic carbocycles. The van der Waals surface area contributed by atoms with Gasteiger partial charge in [-0.25, -0.2) is 21.1 Å². The van der Waals surface area contributed by atoms with Crippen molar-refractivity contribution in [2.75, 3.05) is 38.6 Å². The zero-order valence-corrected chi connectivity index (χ0v) is 23.2. The normalized spacial score (nSPS) is 18.3. The van der Waals surface area contributed by atoms with E-state index >= 15 is 0 Å². The maximum atomic E-state index is 13.0. The van der Waals surface area contributed by atoms with Crippen LogP contribution in [0.15, 0.2) is 51.8 Å². The van der Waals surface area contributed by atoms with Gasteiger partial charge in [-0.15, -0.1) is 0 Å². The van der Waals surface area contributed by atoms with Crippen molar-refractivity contribution in [3.8, 4) is 5.75 Å². The van der Waals surface area contributed by atoms with Crippen LogP contribution in [0.1, 0.15) is 31.2 Å². The van der Waals surface area contributed by atoms with E-state index in [9.17, 15) is 21.6 Å². The van der Waals surface area contributed by atoms with Crippen LogP contribution in [0.25, 0.3) is 0 Å². The first-order valence-electron chi connectivity index (χ1n) is 11.8. The fraction of sp³-hybridized carbons (Fsp3) is 0.458. The van der Waals surface area contributed by atoms with Crippen LogP contribution in [0.5, 0.6) is 5.75 Å². The molecule has 12 heteroatoms. The van der Waals surface area contributed by atoms with Crippen LogP contribution in [-0.2, 0) is 30.6 Å². The highest BCUT2D eigenvalue weighted by atomic mass is 79.9. The summed E-state index contributed by atoms with van der Waals surface area (Å²) in [6, 6.07) is 11.6. The molecule has 2 fully saturated rings. The molecule has 2 aromatic rings. The number of sulfonamides is 2. The predicted molar refractivity (Wildman–Crippen MR) is 141 cm³/mol. The fourth-order valence-corrected chi connectivity index (χ4v) is 7.91. The summed E-state index contributed by atoms with van der Waals surface area (Å²) in [5.41, 5.74) is 0.988. The van der Waals surface area contributed by atoms with Crippen molar-refractivity contribution in [1.29, 1.82) is 0 Å². The lowest BCUT2D eigenvalue weighted by Gasteiger charge is -2.30. The SMILES string of the molecule is COc1ccc(S(=O)(=O)N2CCCC2)cc1NC(=O)C1CCN(S(=O)(=O)Cc2ccc(Br)cc2)CC1. The average molecular weight is 601 g/mol. The molecular formula is C24H30BrN3O6S2. The van der Waals surface area contributed by atoms with Gasteiger partial charge >= 0.3 is 0 Å². The number of amides is 1. The van der Waals surface area contributed by atoms with Crippen LogP contribution < -0.4 is 10.1 Å². The summed E-state index contributed by atoms with van der Waals surface area (Å²) in [4.78, 5) is 13.1. The molecule has 2 aliphatic rings. The van der Waals surface area contributed by atoms with Crippen LogP contribution in [0.3, 0.4) is 0 Å². The molecule has 0 bridgehead atoms. The Kier molecular flexibility index (Phi) is 8.40. The Balaban J connectivity index is 1.40. The summed E-state index contributed by atoms with van der Waals surface area (Å²) in [5.74, 6) is -0.410. The Morgan fingerprint density at radius 3 is 2.22 bits per heavy atom. The highest BCUT2D eigenvalue weighted by molar-refractivity contribution is 9.10. The number of anilines is 1. The van der Waals surface area contributed by atoms with Crippen molar-refractivity contribution in [2.24, 2.45) is 5.92 Å². The van der Waals surface area contributed by atoms with E-state index in [1.165, 1.54) is 33.9 Å². The van der Waals surface area contributed by atoms with Crippen molar-refractivity contribution in [2.45, 2.75) is 36.3 Å². The molecule has 2 aliphatic heterocycles. The monoisotopic (exact) mass is 599 g/mol. The molecule has 1 amide bonds. The summed E-state index contributed by atoms with van der Waals surface area (Å²) in [7, 11) is -5.70. The molecule has 2 saturated heterocycles. The number of hydrogen-bond acceptors (Lipinski definition) is 6. The molecule has 4 rings (SSSR count). The maximum absolute atomic E-state index is 13.0. The second kappa shape index (κ2) is 11.2. The summed E-state index contributed by atoms with van der Waals surface area (Å²) < 4.78 is 60.8. The van der Waals surface area contributed by atoms with Gasteiger partial charge < -0.3 is 10.1 Å². The summed E-state index contributed by atoms with van der Waals surface area (Å²) in [5, 5.41) is 2.81. The van der Waals surface area contributed by atoms with Gasteiger partial charge in [0.25, 0.3) is 0 Å². The number of halogens is 1. The van der Waals surface area contributed by atoms with Gasteiger partial charge in [0, 0.05) is 36.6 Å². The first kappa shape index (κ1) is 27.1. The Hall–Kier alpha value is -1.99. The molecule has 36 heavy (non-hydrogen) atoms. The first-order valence-corrected chi connectivity index (χ1v) is 15.7. The molecule has 0 aromatic heterocycles. The zero-order chi connectivity index (χ0) is 25.9. The number of ether oxygens (including phenoxy) is 1. The van der Waals surface area contributed by atoms with Crippen LogP contribution in [0, 0.1) is 5.92 Å². The van der Waals surface area contributed by atoms with E-state index in [0.717, 1.165) is 17.3 Å². The molecule has 1 N–H and O–H groups in total. The minimum absolute atomic E-state index is 0.0906. The van der Waals surface area contributed by atoms with Crippen molar-refractivity contribution in [3.05, 3.63) is 52.5 Å². The molecule has 9 nitrogen and oxygen atoms in total. The average Bonchev–Trinajstić information content (AvgIpc) is 3.41. The molecule has 0 unspecified atom stereocenters. The Morgan fingerprint density at radius 2 is 1.61 bits per heavy atom. The largest absolute Gasteiger partial charge is 0.495 e. The first-order chi connectivity index (χ1) is 17.1. The molecule has 0 aliphatic carbocycles. The fourth-order valence-electron chi connectivity index (χ4n) is 4.54. The number of methoxy groups -OCH3 is 1. The Bertz CT molecular complexity index is 1300. The number of carbonyl (C=O) groups excluding carboxylic acids is 1. The van der Waals surface area contributed by atoms with Gasteiger partial charge in [0.05, 0.1) is 23.4 Å². The number of rotatable bonds is 8. The van der Waals surface area contributed by atoms with Gasteiger partial charge in [-0.2, -0.15) is 4.31 Å². The Morgan fingerprint density at radius 1 is 0.972 bits per heavy atom. The number of nitrogens with one attached hydrogen (secondary N) is 1. The summed E-state index contributed by atoms with van der Waals surface area (Å²) >= 11 is 3.35. The highest BCUT2D eigenvalue weighted by Gasteiger charge is 2.32. The van der Waals surface area contributed by atoms with E-state index < -0.39 is 26.0 Å². The van der Waals surface area contributed by atoms with E-state index in [-0.39, 0.29) is 35.3 Å². The number of hydrogen-bond donors (Lipinski definition) is 1. The van der Waals surface area contributed by atoms with E-state index in [1.807, 2.05) is 0 Å². The van der Waals surface area contributed by atoms with Gasteiger partial charge in [-0.05, 0) is 61.6 Å². The molecule has 0 radical (unpaired) electrons. The second-order valence-electron chi connectivity index (χ2n) is 9.02. The lowest BCUT2D eigenvalue weighted by Crippen LogP contribution is -2.41. The van der Waals surface area contributed by atoms with E-state index in [4.69, 9.17) is 4.74 Å². The summed E-state index contributed by atoms with van der Waals surface area (Å²) in [6.45, 7) is 1.47. The lowest BCUT2D eigenvalue weighted by molar-refractivity contribution is -0.120. The topological polar surface area (TPSA) is 113 Å². The molecule has 0 saturated carbocycles. The van der Waals surface area contributed by atoms with E-state index in [2.05, 4.69) is 21.2 Å². The standard InChI is InChI=1S/C24H30BrN3O6S2/c1-34-23-9-8-21(36(32,33)28-12-2-3-13-28)16-22(23)26-24(29)19-10-14-27(15-11-19)35(30,31)17-18-4-6-20(25)7-5-18/h4-9,16,19H,2-3,10-15,17H2,1H3,(H,26,29). The third-order valence-electron chi connectivity index (χ3n) is 6.61. The van der Waals surface area contributed by atoms with Crippen molar-refractivity contribution in [3.63, 3.8) is 0 Å². The van der Waals surface area contributed by atoms with Crippen LogP contribution in [0.2, 0.25) is 0 Å². The maximum Gasteiger partial charge on any atom is 0.243 e. The van der Waals surface area contributed by atoms with Crippen LogP contribution >= 0.6 is 15.9 Å². The van der Waals surface area contributed by atoms with Crippen molar-refractivity contribution >= 4 is 47.6 Å². The zero-order valence-electron chi connectivity index (χ0n) is 20.0. The predicted octanol–water partition coefficient (Wildman–Crippen LogP) is 3.42. The van der Waals surface area contributed by atoms with Gasteiger partial charge in [0.15, 0.2) is 0 Å². The molecule has 0 atom stereocenters. The van der Waals surface area contributed by atoms with Crippen LogP contribution in [-0.4, -0.2) is 64.6 Å². The summed E-state index contributed by atoms with van der Waals surface area (Å²) in [6.07, 6.45) is 2.41. The van der Waals surface area contributed by atoms with Gasteiger partial charge in [-0.3, -0.25) is 4.79 Å². The third-order valence-corrected chi connectivity index (χ3v) is 10.9. The second-order valence-corrected chi connectivity index (χ2v) is 13.8. The molecule has 2 heterocycles. The highest BCUT2D eigenvalue weighted by Crippen LogP contribution is 2.31. The smallest absolute Gasteiger partial charge is 0.243 e. The van der Waals surface area contributed by atoms with Crippen LogP contribution in [0.4, 0.5) is 5.69 Å². The third kappa shape index (κ3) is 6.10. The lowest BCUT2D eigenvalue weighted by atomic mass is 9.97. The molecular weight excluding hydrogens is 570 g/mol. The van der Waals surface area contributed by atoms with Crippen molar-refractivity contribution in [1.82, 2.24) is 8.61 Å². The van der Waals surface area contributed by atoms with Gasteiger partial charge in [0.2, 0.25) is 26.0 Å². The van der Waals surface area contributed by atoms with E-state index in [1.54, 1.807) is 24.3 Å². The minimum Gasteiger partial charge on any atom is -0.495 e. The van der Waals surface area contributed by atoms with Gasteiger partial charge in [0.1, 0.15) is 5.75 Å². The van der Waals surface area contributed by atoms with Gasteiger partial charge in [-0.1, -0.05) is 28.1 Å². The number of piperidine rings is 1. The number of benzene rings is 2. The number of nitrogens with zero attached hydrogens (tertiary/aromatic N) is 2. The molecule has 0 spiro atoms. The van der Waals surface area contributed by atoms with Crippen molar-refractivity contribution < 1.29 is 26.4 Å². The quantitative estimate of drug-likeness (QED) is 0.497.